The Morgan fingerprint density at radius 2 is 1.80 bits per heavy atom. The van der Waals surface area contributed by atoms with Gasteiger partial charge < -0.3 is 20.4 Å². The van der Waals surface area contributed by atoms with E-state index in [-0.39, 0.29) is 18.9 Å². The number of amides is 3. The molecule has 40 heavy (non-hydrogen) atoms. The van der Waals surface area contributed by atoms with Gasteiger partial charge in [-0.1, -0.05) is 26.3 Å². The van der Waals surface area contributed by atoms with Gasteiger partial charge in [-0.05, 0) is 62.1 Å². The predicted octanol–water partition coefficient (Wildman–Crippen LogP) is 4.47. The number of rotatable bonds is 10. The molecule has 9 nitrogen and oxygen atoms in total. The number of H-pyrrole nitrogens is 1. The van der Waals surface area contributed by atoms with Crippen molar-refractivity contribution in [2.24, 2.45) is 5.92 Å². The van der Waals surface area contributed by atoms with Crippen molar-refractivity contribution in [3.8, 4) is 0 Å². The molecule has 0 bridgehead atoms. The molecule has 0 radical (unpaired) electrons. The van der Waals surface area contributed by atoms with E-state index in [1.807, 2.05) is 26.0 Å². The van der Waals surface area contributed by atoms with Crippen LogP contribution in [-0.4, -0.2) is 57.5 Å². The van der Waals surface area contributed by atoms with Crippen molar-refractivity contribution < 1.29 is 27.9 Å². The second-order valence-corrected chi connectivity index (χ2v) is 10.9. The summed E-state index contributed by atoms with van der Waals surface area (Å²) in [6.45, 7) is 9.01. The summed E-state index contributed by atoms with van der Waals surface area (Å²) in [4.78, 5) is 48.3. The molecule has 216 valence electrons. The van der Waals surface area contributed by atoms with Gasteiger partial charge in [0.15, 0.2) is 11.6 Å². The monoisotopic (exact) mass is 557 g/mol. The van der Waals surface area contributed by atoms with Gasteiger partial charge in [0.2, 0.25) is 11.8 Å². The lowest BCUT2D eigenvalue weighted by molar-refractivity contribution is -0.132. The predicted molar refractivity (Wildman–Crippen MR) is 147 cm³/mol. The number of carbonyl (C=O) groups is 3. The van der Waals surface area contributed by atoms with Crippen molar-refractivity contribution in [3.05, 3.63) is 65.5 Å². The summed E-state index contributed by atoms with van der Waals surface area (Å²) in [5, 5.41) is 6.41. The number of hydrogen-bond acceptors (Lipinski definition) is 5. The van der Waals surface area contributed by atoms with Crippen LogP contribution in [0.4, 0.5) is 13.6 Å². The number of halogens is 2. The van der Waals surface area contributed by atoms with Crippen molar-refractivity contribution in [2.45, 2.75) is 71.7 Å². The van der Waals surface area contributed by atoms with Crippen LogP contribution >= 0.6 is 0 Å². The number of benzene rings is 1. The minimum Gasteiger partial charge on any atom is -0.444 e. The van der Waals surface area contributed by atoms with Gasteiger partial charge in [0.25, 0.3) is 0 Å². The van der Waals surface area contributed by atoms with Crippen LogP contribution < -0.4 is 10.6 Å². The van der Waals surface area contributed by atoms with Gasteiger partial charge >= 0.3 is 6.09 Å². The highest BCUT2D eigenvalue weighted by atomic mass is 19.2. The number of pyridine rings is 1. The maximum Gasteiger partial charge on any atom is 0.410 e. The first-order chi connectivity index (χ1) is 18.8. The Morgan fingerprint density at radius 3 is 2.45 bits per heavy atom. The van der Waals surface area contributed by atoms with Gasteiger partial charge in [-0.3, -0.25) is 14.5 Å². The molecule has 2 aromatic heterocycles. The molecular formula is C29H37F2N5O4. The van der Waals surface area contributed by atoms with E-state index in [9.17, 15) is 23.2 Å². The van der Waals surface area contributed by atoms with Crippen molar-refractivity contribution in [1.29, 1.82) is 0 Å². The van der Waals surface area contributed by atoms with Crippen LogP contribution in [0.15, 0.2) is 42.7 Å². The van der Waals surface area contributed by atoms with E-state index in [2.05, 4.69) is 20.6 Å². The summed E-state index contributed by atoms with van der Waals surface area (Å²) < 4.78 is 32.9. The van der Waals surface area contributed by atoms with Gasteiger partial charge in [0, 0.05) is 37.8 Å². The zero-order chi connectivity index (χ0) is 29.6. The molecule has 3 N–H and O–H groups in total. The van der Waals surface area contributed by atoms with Crippen LogP contribution in [0.1, 0.15) is 52.2 Å². The summed E-state index contributed by atoms with van der Waals surface area (Å²) in [5.74, 6) is -3.45. The zero-order valence-electron chi connectivity index (χ0n) is 23.7. The third-order valence-electron chi connectivity index (χ3n) is 6.53. The normalized spacial score (nSPS) is 13.8. The number of hydrogen-bond donors (Lipinski definition) is 3. The van der Waals surface area contributed by atoms with Gasteiger partial charge in [0.05, 0.1) is 0 Å². The maximum absolute atomic E-state index is 13.9. The number of likely N-dealkylation sites (N-methyl/N-ethyl adjacent to an activating group) is 1. The molecular weight excluding hydrogens is 520 g/mol. The molecule has 0 aliphatic carbocycles. The molecule has 0 aliphatic rings. The van der Waals surface area contributed by atoms with Crippen molar-refractivity contribution >= 4 is 28.9 Å². The lowest BCUT2D eigenvalue weighted by Gasteiger charge is -2.34. The third kappa shape index (κ3) is 8.00. The largest absolute Gasteiger partial charge is 0.444 e. The Kier molecular flexibility index (Phi) is 9.83. The number of nitrogens with one attached hydrogen (secondary N) is 3. The highest BCUT2D eigenvalue weighted by molar-refractivity contribution is 5.91. The Morgan fingerprint density at radius 1 is 1.07 bits per heavy atom. The van der Waals surface area contributed by atoms with E-state index < -0.39 is 47.2 Å². The Labute approximate surface area is 232 Å². The molecule has 11 heteroatoms. The Hall–Kier alpha value is -4.02. The van der Waals surface area contributed by atoms with Crippen molar-refractivity contribution in [2.75, 3.05) is 7.05 Å². The molecule has 1 aromatic carbocycles. The van der Waals surface area contributed by atoms with E-state index in [0.717, 1.165) is 23.1 Å². The molecule has 0 saturated carbocycles. The molecule has 3 atom stereocenters. The number of aromatic nitrogens is 2. The molecule has 0 spiro atoms. The fraction of sp³-hybridized carbons (Fsp3) is 0.448. The Balaban J connectivity index is 1.83. The van der Waals surface area contributed by atoms with Crippen LogP contribution in [0.3, 0.4) is 0 Å². The first-order valence-corrected chi connectivity index (χ1v) is 13.2. The second-order valence-electron chi connectivity index (χ2n) is 10.9. The summed E-state index contributed by atoms with van der Waals surface area (Å²) in [6, 6.07) is 4.96. The molecule has 0 fully saturated rings. The number of aromatic amines is 1. The van der Waals surface area contributed by atoms with Crippen LogP contribution in [0, 0.1) is 17.6 Å². The first-order valence-electron chi connectivity index (χ1n) is 13.2. The first kappa shape index (κ1) is 30.5. The van der Waals surface area contributed by atoms with Gasteiger partial charge in [-0.25, -0.2) is 18.6 Å². The highest BCUT2D eigenvalue weighted by Gasteiger charge is 2.35. The molecule has 0 saturated heterocycles. The molecule has 2 heterocycles. The Bertz CT molecular complexity index is 1350. The van der Waals surface area contributed by atoms with Crippen LogP contribution in [-0.2, 0) is 27.3 Å². The quantitative estimate of drug-likeness (QED) is 0.340. The van der Waals surface area contributed by atoms with Crippen LogP contribution in [0.5, 0.6) is 0 Å². The minimum atomic E-state index is -1.14. The van der Waals surface area contributed by atoms with Crippen molar-refractivity contribution in [3.63, 3.8) is 0 Å². The number of nitrogens with zero attached hydrogens (tertiary/aromatic N) is 2. The lowest BCUT2D eigenvalue weighted by Crippen LogP contribution is -2.57. The molecule has 1 unspecified atom stereocenters. The van der Waals surface area contributed by atoms with Gasteiger partial charge in [-0.2, -0.15) is 0 Å². The third-order valence-corrected chi connectivity index (χ3v) is 6.53. The summed E-state index contributed by atoms with van der Waals surface area (Å²) >= 11 is 0. The topological polar surface area (TPSA) is 116 Å². The van der Waals surface area contributed by atoms with E-state index >= 15 is 0 Å². The van der Waals surface area contributed by atoms with Gasteiger partial charge in [0.1, 0.15) is 23.3 Å². The SMILES string of the molecule is CCC(C)[C@H](C(=O)N[C@@H](Cc1ccc(F)c(F)c1)C(=O)NCc1cnc2[nH]ccc2c1)N(C)C(=O)OC(C)(C)C. The summed E-state index contributed by atoms with van der Waals surface area (Å²) in [6.07, 6.45) is 3.17. The van der Waals surface area contributed by atoms with E-state index in [4.69, 9.17) is 4.74 Å². The molecule has 0 aliphatic heterocycles. The van der Waals surface area contributed by atoms with Gasteiger partial charge in [-0.15, -0.1) is 0 Å². The van der Waals surface area contributed by atoms with E-state index in [0.29, 0.717) is 17.6 Å². The number of carbonyl (C=O) groups excluding carboxylic acids is 3. The minimum absolute atomic E-state index is 0.104. The summed E-state index contributed by atoms with van der Waals surface area (Å²) in [7, 11) is 1.47. The van der Waals surface area contributed by atoms with E-state index in [1.165, 1.54) is 18.0 Å². The van der Waals surface area contributed by atoms with Crippen LogP contribution in [0.2, 0.25) is 0 Å². The fourth-order valence-electron chi connectivity index (χ4n) is 4.25. The standard InChI is InChI=1S/C29H37F2N5O4/c1-7-17(2)24(36(6)28(39)40-29(3,4)5)27(38)35-23(14-18-8-9-21(30)22(31)13-18)26(37)34-16-19-12-20-10-11-32-25(20)33-15-19/h8-13,15,17,23-24H,7,14,16H2,1-6H3,(H,32,33)(H,34,37)(H,35,38)/t17?,23-,24+/m0/s1. The average Bonchev–Trinajstić information content (AvgIpc) is 3.36. The zero-order valence-corrected chi connectivity index (χ0v) is 23.7. The molecule has 3 aromatic rings. The highest BCUT2D eigenvalue weighted by Crippen LogP contribution is 2.19. The number of ether oxygens (including phenoxy) is 1. The number of fused-ring (bicyclic) bond motifs is 1. The summed E-state index contributed by atoms with van der Waals surface area (Å²) in [5.41, 5.74) is 0.995. The van der Waals surface area contributed by atoms with Crippen molar-refractivity contribution in [1.82, 2.24) is 25.5 Å². The van der Waals surface area contributed by atoms with E-state index in [1.54, 1.807) is 33.2 Å². The molecule has 3 amide bonds. The fourth-order valence-corrected chi connectivity index (χ4v) is 4.25. The molecule has 3 rings (SSSR count). The maximum atomic E-state index is 13.9. The second kappa shape index (κ2) is 12.9. The average molecular weight is 558 g/mol. The lowest BCUT2D eigenvalue weighted by atomic mass is 9.96. The smallest absolute Gasteiger partial charge is 0.410 e. The van der Waals surface area contributed by atoms with Crippen LogP contribution in [0.25, 0.3) is 11.0 Å².